The number of nitrogens with zero attached hydrogens (tertiary/aromatic N) is 1. The third kappa shape index (κ3) is 3.94. The van der Waals surface area contributed by atoms with Crippen LogP contribution in [0.25, 0.3) is 21.2 Å². The van der Waals surface area contributed by atoms with E-state index < -0.39 is 24.5 Å². The molecule has 0 radical (unpaired) electrons. The predicted octanol–water partition coefficient (Wildman–Crippen LogP) is 3.62. The normalized spacial score (nSPS) is 10.8. The highest BCUT2D eigenvalue weighted by Crippen LogP contribution is 2.27. The van der Waals surface area contributed by atoms with Crippen LogP contribution in [0.1, 0.15) is 20.9 Å². The van der Waals surface area contributed by atoms with Crippen LogP contribution < -0.4 is 5.32 Å². The Morgan fingerprint density at radius 2 is 1.93 bits per heavy atom. The number of ether oxygens (including phenoxy) is 2. The number of furan rings is 1. The van der Waals surface area contributed by atoms with E-state index >= 15 is 0 Å². The Kier molecular flexibility index (Phi) is 4.96. The zero-order valence-electron chi connectivity index (χ0n) is 15.1. The predicted molar refractivity (Wildman–Crippen MR) is 106 cm³/mol. The first-order chi connectivity index (χ1) is 14.0. The molecule has 0 atom stereocenters. The molecule has 1 N–H and O–H groups in total. The summed E-state index contributed by atoms with van der Waals surface area (Å²) in [4.78, 5) is 40.1. The first kappa shape index (κ1) is 18.6. The molecule has 146 valence electrons. The monoisotopic (exact) mass is 410 g/mol. The van der Waals surface area contributed by atoms with Gasteiger partial charge in [0.15, 0.2) is 11.7 Å². The van der Waals surface area contributed by atoms with Crippen LogP contribution >= 0.6 is 11.3 Å². The van der Waals surface area contributed by atoms with Gasteiger partial charge in [-0.25, -0.2) is 14.6 Å². The minimum absolute atomic E-state index is 0.0225. The van der Waals surface area contributed by atoms with Gasteiger partial charge in [-0.05, 0) is 30.3 Å². The van der Waals surface area contributed by atoms with Crippen molar-refractivity contribution in [3.63, 3.8) is 0 Å². The third-order valence-corrected chi connectivity index (χ3v) is 4.95. The van der Waals surface area contributed by atoms with Gasteiger partial charge in [0.25, 0.3) is 5.91 Å². The number of carbonyl (C=O) groups is 3. The summed E-state index contributed by atoms with van der Waals surface area (Å²) in [6, 6.07) is 13.6. The number of thiazole rings is 1. The van der Waals surface area contributed by atoms with Crippen LogP contribution in [-0.4, -0.2) is 36.5 Å². The van der Waals surface area contributed by atoms with E-state index in [1.165, 1.54) is 18.4 Å². The fourth-order valence-electron chi connectivity index (χ4n) is 2.66. The standard InChI is InChI=1S/C20H14N2O6S/c1-26-18(24)12-6-7-13-16(9-12)29-20(21-13)22-17(23)10-27-19(25)15-8-11-4-2-3-5-14(11)28-15/h2-9H,10H2,1H3,(H,21,22,23). The Labute approximate surface area is 168 Å². The summed E-state index contributed by atoms with van der Waals surface area (Å²) in [6.45, 7) is -0.487. The lowest BCUT2D eigenvalue weighted by Crippen LogP contribution is -2.20. The number of aromatic nitrogens is 1. The molecular formula is C20H14N2O6S. The van der Waals surface area contributed by atoms with Crippen molar-refractivity contribution in [2.24, 2.45) is 0 Å². The Hall–Kier alpha value is -3.72. The first-order valence-corrected chi connectivity index (χ1v) is 9.29. The number of rotatable bonds is 5. The lowest BCUT2D eigenvalue weighted by atomic mass is 10.2. The van der Waals surface area contributed by atoms with E-state index in [4.69, 9.17) is 9.15 Å². The second-order valence-corrected chi connectivity index (χ2v) is 7.00. The molecule has 8 nitrogen and oxygen atoms in total. The van der Waals surface area contributed by atoms with Crippen molar-refractivity contribution in [1.82, 2.24) is 4.98 Å². The fraction of sp³-hybridized carbons (Fsp3) is 0.100. The van der Waals surface area contributed by atoms with E-state index in [9.17, 15) is 14.4 Å². The summed E-state index contributed by atoms with van der Waals surface area (Å²) >= 11 is 1.19. The van der Waals surface area contributed by atoms with Crippen molar-refractivity contribution >= 4 is 55.5 Å². The maximum absolute atomic E-state index is 12.1. The highest BCUT2D eigenvalue weighted by molar-refractivity contribution is 7.22. The highest BCUT2D eigenvalue weighted by atomic mass is 32.1. The maximum Gasteiger partial charge on any atom is 0.374 e. The van der Waals surface area contributed by atoms with Gasteiger partial charge in [0.2, 0.25) is 5.76 Å². The van der Waals surface area contributed by atoms with Crippen LogP contribution in [0.15, 0.2) is 52.9 Å². The van der Waals surface area contributed by atoms with Gasteiger partial charge in [0.1, 0.15) is 5.58 Å². The molecule has 2 heterocycles. The number of nitrogens with one attached hydrogen (secondary N) is 1. The van der Waals surface area contributed by atoms with Crippen LogP contribution in [0, 0.1) is 0 Å². The quantitative estimate of drug-likeness (QED) is 0.501. The Morgan fingerprint density at radius 3 is 2.72 bits per heavy atom. The molecule has 2 aromatic heterocycles. The topological polar surface area (TPSA) is 108 Å². The van der Waals surface area contributed by atoms with Gasteiger partial charge in [0.05, 0.1) is 22.9 Å². The average Bonchev–Trinajstić information content (AvgIpc) is 3.34. The Bertz CT molecular complexity index is 1210. The van der Waals surface area contributed by atoms with Crippen LogP contribution in [0.5, 0.6) is 0 Å². The van der Waals surface area contributed by atoms with Crippen molar-refractivity contribution in [2.45, 2.75) is 0 Å². The number of carbonyl (C=O) groups excluding carboxylic acids is 3. The van der Waals surface area contributed by atoms with Gasteiger partial charge < -0.3 is 13.9 Å². The molecule has 0 spiro atoms. The molecule has 0 aliphatic carbocycles. The summed E-state index contributed by atoms with van der Waals surface area (Å²) in [5.74, 6) is -1.71. The van der Waals surface area contributed by atoms with Gasteiger partial charge in [-0.2, -0.15) is 0 Å². The molecular weight excluding hydrogens is 396 g/mol. The molecule has 0 bridgehead atoms. The summed E-state index contributed by atoms with van der Waals surface area (Å²) in [5.41, 5.74) is 1.57. The third-order valence-electron chi connectivity index (χ3n) is 4.02. The van der Waals surface area contributed by atoms with Crippen molar-refractivity contribution in [2.75, 3.05) is 19.0 Å². The number of benzene rings is 2. The zero-order chi connectivity index (χ0) is 20.4. The van der Waals surface area contributed by atoms with Gasteiger partial charge in [-0.15, -0.1) is 0 Å². The molecule has 4 rings (SSSR count). The number of para-hydroxylation sites is 1. The molecule has 0 saturated carbocycles. The smallest absolute Gasteiger partial charge is 0.374 e. The molecule has 2 aromatic carbocycles. The minimum atomic E-state index is -0.733. The molecule has 9 heteroatoms. The fourth-order valence-corrected chi connectivity index (χ4v) is 3.58. The van der Waals surface area contributed by atoms with E-state index in [0.29, 0.717) is 26.5 Å². The van der Waals surface area contributed by atoms with E-state index in [-0.39, 0.29) is 5.76 Å². The summed E-state index contributed by atoms with van der Waals surface area (Å²) in [7, 11) is 1.30. The number of amides is 1. The summed E-state index contributed by atoms with van der Waals surface area (Å²) in [5, 5.41) is 3.67. The number of methoxy groups -OCH3 is 1. The maximum atomic E-state index is 12.1. The van der Waals surface area contributed by atoms with Gasteiger partial charge >= 0.3 is 11.9 Å². The molecule has 0 fully saturated rings. The van der Waals surface area contributed by atoms with Crippen molar-refractivity contribution < 1.29 is 28.3 Å². The van der Waals surface area contributed by atoms with Crippen molar-refractivity contribution in [3.8, 4) is 0 Å². The number of esters is 2. The lowest BCUT2D eigenvalue weighted by Gasteiger charge is -2.02. The van der Waals surface area contributed by atoms with Crippen molar-refractivity contribution in [3.05, 3.63) is 59.9 Å². The molecule has 0 saturated heterocycles. The van der Waals surface area contributed by atoms with E-state index in [2.05, 4.69) is 15.0 Å². The summed E-state index contributed by atoms with van der Waals surface area (Å²) < 4.78 is 15.8. The van der Waals surface area contributed by atoms with Gasteiger partial charge in [-0.3, -0.25) is 10.1 Å². The van der Waals surface area contributed by atoms with Crippen LogP contribution in [0.3, 0.4) is 0 Å². The Morgan fingerprint density at radius 1 is 1.10 bits per heavy atom. The molecule has 0 aliphatic rings. The average molecular weight is 410 g/mol. The van der Waals surface area contributed by atoms with Crippen LogP contribution in [0.4, 0.5) is 5.13 Å². The molecule has 0 unspecified atom stereocenters. The number of fused-ring (bicyclic) bond motifs is 2. The Balaban J connectivity index is 1.39. The number of anilines is 1. The van der Waals surface area contributed by atoms with Crippen molar-refractivity contribution in [1.29, 1.82) is 0 Å². The van der Waals surface area contributed by atoms with Crippen LogP contribution in [0.2, 0.25) is 0 Å². The molecule has 4 aromatic rings. The number of hydrogen-bond donors (Lipinski definition) is 1. The lowest BCUT2D eigenvalue weighted by molar-refractivity contribution is -0.119. The minimum Gasteiger partial charge on any atom is -0.465 e. The van der Waals surface area contributed by atoms with Gasteiger partial charge in [0, 0.05) is 5.39 Å². The highest BCUT2D eigenvalue weighted by Gasteiger charge is 2.16. The van der Waals surface area contributed by atoms with E-state index in [1.54, 1.807) is 42.5 Å². The molecule has 1 amide bonds. The SMILES string of the molecule is COC(=O)c1ccc2nc(NC(=O)COC(=O)c3cc4ccccc4o3)sc2c1. The van der Waals surface area contributed by atoms with E-state index in [0.717, 1.165) is 5.39 Å². The van der Waals surface area contributed by atoms with E-state index in [1.807, 2.05) is 6.07 Å². The molecule has 0 aliphatic heterocycles. The largest absolute Gasteiger partial charge is 0.465 e. The van der Waals surface area contributed by atoms with Crippen LogP contribution in [-0.2, 0) is 14.3 Å². The molecule has 29 heavy (non-hydrogen) atoms. The summed E-state index contributed by atoms with van der Waals surface area (Å²) in [6.07, 6.45) is 0. The first-order valence-electron chi connectivity index (χ1n) is 8.48. The van der Waals surface area contributed by atoms with Gasteiger partial charge in [-0.1, -0.05) is 29.5 Å². The second kappa shape index (κ2) is 7.72. The second-order valence-electron chi connectivity index (χ2n) is 5.97. The zero-order valence-corrected chi connectivity index (χ0v) is 15.9. The number of hydrogen-bond acceptors (Lipinski definition) is 8.